The zero-order chi connectivity index (χ0) is 25.8. The van der Waals surface area contributed by atoms with E-state index in [1.807, 2.05) is 13.8 Å². The van der Waals surface area contributed by atoms with Crippen LogP contribution >= 0.6 is 0 Å². The lowest BCUT2D eigenvalue weighted by molar-refractivity contribution is -0.279. The van der Waals surface area contributed by atoms with Crippen LogP contribution in [0.2, 0.25) is 0 Å². The summed E-state index contributed by atoms with van der Waals surface area (Å²) in [5, 5.41) is 11.1. The van der Waals surface area contributed by atoms with Crippen LogP contribution in [0.3, 0.4) is 0 Å². The minimum Gasteiger partial charge on any atom is -0.462 e. The van der Waals surface area contributed by atoms with Crippen molar-refractivity contribution in [3.05, 3.63) is 0 Å². The highest BCUT2D eigenvalue weighted by molar-refractivity contribution is 5.66. The maximum absolute atomic E-state index is 12.5. The Labute approximate surface area is 215 Å². The van der Waals surface area contributed by atoms with Gasteiger partial charge in [0.2, 0.25) is 0 Å². The molecule has 0 amide bonds. The Balaban J connectivity index is 1.61. The molecule has 3 nitrogen and oxygen atoms in total. The molecule has 200 valence electrons. The summed E-state index contributed by atoms with van der Waals surface area (Å²) in [4.78, 5) is 12.5. The lowest BCUT2D eigenvalue weighted by Gasteiger charge is -2.74. The van der Waals surface area contributed by atoms with Gasteiger partial charge in [-0.15, -0.1) is 0 Å². The molecule has 0 aliphatic heterocycles. The molecule has 5 aliphatic rings. The van der Waals surface area contributed by atoms with E-state index in [0.29, 0.717) is 28.6 Å². The molecule has 0 bridgehead atoms. The quantitative estimate of drug-likeness (QED) is 0.405. The molecule has 35 heavy (non-hydrogen) atoms. The summed E-state index contributed by atoms with van der Waals surface area (Å²) in [5.74, 6) is 2.62. The summed E-state index contributed by atoms with van der Waals surface area (Å²) >= 11 is 0. The Morgan fingerprint density at radius 1 is 0.829 bits per heavy atom. The third-order valence-electron chi connectivity index (χ3n) is 14.0. The molecule has 0 radical (unpaired) electrons. The molecule has 1 N–H and O–H groups in total. The van der Waals surface area contributed by atoms with Crippen LogP contribution < -0.4 is 0 Å². The van der Waals surface area contributed by atoms with Gasteiger partial charge < -0.3 is 9.84 Å². The van der Waals surface area contributed by atoms with Crippen LogP contribution in [-0.2, 0) is 9.53 Å². The Morgan fingerprint density at radius 3 is 2.11 bits per heavy atom. The largest absolute Gasteiger partial charge is 0.462 e. The molecule has 3 heteroatoms. The van der Waals surface area contributed by atoms with Crippen LogP contribution in [0.15, 0.2) is 0 Å². The fourth-order valence-corrected chi connectivity index (χ4v) is 12.5. The minimum atomic E-state index is -0.683. The van der Waals surface area contributed by atoms with Crippen molar-refractivity contribution in [2.45, 2.75) is 138 Å². The van der Waals surface area contributed by atoms with Gasteiger partial charge in [0.15, 0.2) is 0 Å². The molecule has 5 aliphatic carbocycles. The van der Waals surface area contributed by atoms with Gasteiger partial charge in [-0.1, -0.05) is 48.0 Å². The molecule has 0 aromatic heterocycles. The Hall–Kier alpha value is -0.570. The van der Waals surface area contributed by atoms with E-state index in [1.54, 1.807) is 6.92 Å². The highest BCUT2D eigenvalue weighted by Crippen LogP contribution is 2.78. The van der Waals surface area contributed by atoms with E-state index in [0.717, 1.165) is 18.8 Å². The zero-order valence-electron chi connectivity index (χ0n) is 24.3. The van der Waals surface area contributed by atoms with E-state index < -0.39 is 5.60 Å². The van der Waals surface area contributed by atoms with Gasteiger partial charge in [0.25, 0.3) is 0 Å². The minimum absolute atomic E-state index is 0.0170. The normalized spacial score (nSPS) is 53.1. The first-order valence-electron chi connectivity index (χ1n) is 14.9. The number of fused-ring (bicyclic) bond motifs is 7. The number of carbonyl (C=O) groups is 1. The second kappa shape index (κ2) is 7.73. The highest BCUT2D eigenvalue weighted by atomic mass is 16.5. The van der Waals surface area contributed by atoms with Crippen molar-refractivity contribution in [1.82, 2.24) is 0 Å². The molecule has 5 saturated carbocycles. The van der Waals surface area contributed by atoms with Crippen LogP contribution in [0.25, 0.3) is 0 Å². The third-order valence-corrected chi connectivity index (χ3v) is 14.0. The summed E-state index contributed by atoms with van der Waals surface area (Å²) in [6, 6.07) is 0. The smallest absolute Gasteiger partial charge is 0.302 e. The van der Waals surface area contributed by atoms with E-state index >= 15 is 0 Å². The number of ether oxygens (including phenoxy) is 1. The monoisotopic (exact) mass is 486 g/mol. The maximum Gasteiger partial charge on any atom is 0.302 e. The van der Waals surface area contributed by atoms with Gasteiger partial charge in [0.1, 0.15) is 6.10 Å². The van der Waals surface area contributed by atoms with Gasteiger partial charge in [-0.05, 0) is 123 Å². The first kappa shape index (κ1) is 26.1. The summed E-state index contributed by atoms with van der Waals surface area (Å²) < 4.78 is 6.38. The third kappa shape index (κ3) is 3.34. The SMILES string of the molecule is CC(=O)OC1CC2C(C(C)(C)O)CCC2(C)C2CCC3C4(C)CCCC(C)(C)C4CCC3(C)C12C. The van der Waals surface area contributed by atoms with Gasteiger partial charge in [-0.3, -0.25) is 4.79 Å². The highest BCUT2D eigenvalue weighted by Gasteiger charge is 2.73. The van der Waals surface area contributed by atoms with Crippen LogP contribution in [0, 0.1) is 56.7 Å². The van der Waals surface area contributed by atoms with Crippen LogP contribution in [0.1, 0.15) is 127 Å². The van der Waals surface area contributed by atoms with E-state index in [2.05, 4.69) is 41.5 Å². The lowest BCUT2D eigenvalue weighted by Crippen LogP contribution is -2.70. The molecular weight excluding hydrogens is 432 g/mol. The van der Waals surface area contributed by atoms with E-state index in [-0.39, 0.29) is 34.2 Å². The predicted octanol–water partition coefficient (Wildman–Crippen LogP) is 7.79. The fraction of sp³-hybridized carbons (Fsp3) is 0.969. The Kier molecular flexibility index (Phi) is 5.76. The zero-order valence-corrected chi connectivity index (χ0v) is 24.3. The summed E-state index contributed by atoms with van der Waals surface area (Å²) in [6.07, 6.45) is 12.4. The molecule has 10 unspecified atom stereocenters. The second-order valence-corrected chi connectivity index (χ2v) is 16.1. The molecule has 0 aromatic rings. The summed E-state index contributed by atoms with van der Waals surface area (Å²) in [7, 11) is 0. The van der Waals surface area contributed by atoms with E-state index in [9.17, 15) is 9.90 Å². The van der Waals surface area contributed by atoms with Gasteiger partial charge in [0.05, 0.1) is 5.60 Å². The number of hydrogen-bond acceptors (Lipinski definition) is 3. The number of aliphatic hydroxyl groups is 1. The average Bonchev–Trinajstić information content (AvgIpc) is 3.05. The van der Waals surface area contributed by atoms with Gasteiger partial charge in [-0.25, -0.2) is 0 Å². The lowest BCUT2D eigenvalue weighted by atomic mass is 9.31. The van der Waals surface area contributed by atoms with Gasteiger partial charge in [-0.2, -0.15) is 0 Å². The topological polar surface area (TPSA) is 46.5 Å². The first-order valence-corrected chi connectivity index (χ1v) is 14.9. The first-order chi connectivity index (χ1) is 16.0. The Bertz CT molecular complexity index is 871. The number of esters is 1. The van der Waals surface area contributed by atoms with Crippen molar-refractivity contribution >= 4 is 5.97 Å². The van der Waals surface area contributed by atoms with Crippen LogP contribution in [-0.4, -0.2) is 22.8 Å². The number of hydrogen-bond donors (Lipinski definition) is 1. The molecule has 0 heterocycles. The van der Waals surface area contributed by atoms with Gasteiger partial charge in [0, 0.05) is 12.3 Å². The number of carbonyl (C=O) groups excluding carboxylic acids is 1. The van der Waals surface area contributed by atoms with E-state index in [1.165, 1.54) is 51.4 Å². The Morgan fingerprint density at radius 2 is 1.49 bits per heavy atom. The van der Waals surface area contributed by atoms with Gasteiger partial charge >= 0.3 is 5.97 Å². The van der Waals surface area contributed by atoms with Crippen molar-refractivity contribution in [2.75, 3.05) is 0 Å². The molecule has 5 fully saturated rings. The predicted molar refractivity (Wildman–Crippen MR) is 142 cm³/mol. The van der Waals surface area contributed by atoms with E-state index in [4.69, 9.17) is 4.74 Å². The van der Waals surface area contributed by atoms with Crippen LogP contribution in [0.4, 0.5) is 0 Å². The molecule has 5 rings (SSSR count). The van der Waals surface area contributed by atoms with Crippen LogP contribution in [0.5, 0.6) is 0 Å². The second-order valence-electron chi connectivity index (χ2n) is 16.1. The standard InChI is InChI=1S/C32H54O3/c1-20(33)35-26-19-22-21(28(4,5)34)13-17-29(22,6)25-12-11-24-30(7)16-10-15-27(2,3)23(30)14-18-31(24,8)32(25,26)9/h21-26,34H,10-19H2,1-9H3. The van der Waals surface area contributed by atoms with Crippen molar-refractivity contribution in [3.63, 3.8) is 0 Å². The maximum atomic E-state index is 12.5. The average molecular weight is 487 g/mol. The molecule has 10 atom stereocenters. The van der Waals surface area contributed by atoms with Crippen molar-refractivity contribution in [3.8, 4) is 0 Å². The summed E-state index contributed by atoms with van der Waals surface area (Å²) in [6.45, 7) is 21.1. The summed E-state index contributed by atoms with van der Waals surface area (Å²) in [5.41, 5.74) is 0.500. The molecule has 0 spiro atoms. The molecular formula is C32H54O3. The van der Waals surface area contributed by atoms with Crippen molar-refractivity contribution in [2.24, 2.45) is 56.7 Å². The molecule has 0 aromatic carbocycles. The molecule has 0 saturated heterocycles. The fourth-order valence-electron chi connectivity index (χ4n) is 12.5. The van der Waals surface area contributed by atoms with Crippen molar-refractivity contribution < 1.29 is 14.6 Å². The van der Waals surface area contributed by atoms with Crippen molar-refractivity contribution in [1.29, 1.82) is 0 Å². The number of rotatable bonds is 2.